The lowest BCUT2D eigenvalue weighted by atomic mass is 9.99. The summed E-state index contributed by atoms with van der Waals surface area (Å²) in [5.74, 6) is -3.72. The van der Waals surface area contributed by atoms with Crippen LogP contribution in [0.5, 0.6) is 0 Å². The van der Waals surface area contributed by atoms with E-state index >= 15 is 0 Å². The van der Waals surface area contributed by atoms with Crippen LogP contribution in [0.1, 0.15) is 36.9 Å². The maximum absolute atomic E-state index is 13.0. The highest BCUT2D eigenvalue weighted by Crippen LogP contribution is 2.20. The number of ether oxygens (including phenoxy) is 2. The molecule has 0 radical (unpaired) electrons. The molecule has 9 heteroatoms. The smallest absolute Gasteiger partial charge is 0.357 e. The minimum Gasteiger partial charge on any atom is -0.464 e. The summed E-state index contributed by atoms with van der Waals surface area (Å²) in [6.45, 7) is 0. The van der Waals surface area contributed by atoms with Crippen LogP contribution in [-0.2, 0) is 9.47 Å². The zero-order valence-corrected chi connectivity index (χ0v) is 12.7. The Labute approximate surface area is 135 Å². The van der Waals surface area contributed by atoms with Crippen LogP contribution >= 0.6 is 0 Å². The van der Waals surface area contributed by atoms with Crippen LogP contribution in [0.2, 0.25) is 0 Å². The molecule has 0 aliphatic heterocycles. The largest absolute Gasteiger partial charge is 0.464 e. The number of hydrogen-bond donors (Lipinski definition) is 1. The Balaban J connectivity index is 2.72. The molecule has 8 nitrogen and oxygen atoms in total. The van der Waals surface area contributed by atoms with Crippen LogP contribution in [0, 0.1) is 5.82 Å². The second kappa shape index (κ2) is 6.82. The molecule has 0 unspecified atom stereocenters. The van der Waals surface area contributed by atoms with Crippen LogP contribution < -0.4 is 5.73 Å². The zero-order chi connectivity index (χ0) is 17.9. The molecule has 1 aromatic heterocycles. The first-order chi connectivity index (χ1) is 11.4. The van der Waals surface area contributed by atoms with Crippen molar-refractivity contribution in [2.45, 2.75) is 0 Å². The molecule has 0 atom stereocenters. The molecule has 2 rings (SSSR count). The lowest BCUT2D eigenvalue weighted by Gasteiger charge is -2.11. The molecular weight excluding hydrogens is 321 g/mol. The Hall–Kier alpha value is -3.36. The number of nitrogens with zero attached hydrogens (tertiary/aromatic N) is 2. The first-order valence-corrected chi connectivity index (χ1v) is 6.53. The number of rotatable bonds is 4. The Morgan fingerprint density at radius 2 is 1.42 bits per heavy atom. The molecule has 0 aliphatic rings. The van der Waals surface area contributed by atoms with E-state index in [-0.39, 0.29) is 5.56 Å². The van der Waals surface area contributed by atoms with Crippen LogP contribution in [-0.4, -0.2) is 41.9 Å². The van der Waals surface area contributed by atoms with Gasteiger partial charge in [-0.1, -0.05) is 0 Å². The van der Waals surface area contributed by atoms with Gasteiger partial charge in [0.1, 0.15) is 5.82 Å². The van der Waals surface area contributed by atoms with Gasteiger partial charge in [-0.05, 0) is 24.3 Å². The fourth-order valence-corrected chi connectivity index (χ4v) is 1.93. The molecule has 2 N–H and O–H groups in total. The first-order valence-electron chi connectivity index (χ1n) is 6.53. The number of anilines is 1. The summed E-state index contributed by atoms with van der Waals surface area (Å²) < 4.78 is 22.1. The summed E-state index contributed by atoms with van der Waals surface area (Å²) in [7, 11) is 2.15. The average Bonchev–Trinajstić information content (AvgIpc) is 2.59. The second-order valence-electron chi connectivity index (χ2n) is 4.47. The van der Waals surface area contributed by atoms with Gasteiger partial charge in [-0.25, -0.2) is 23.9 Å². The maximum atomic E-state index is 13.0. The molecule has 0 saturated heterocycles. The normalized spacial score (nSPS) is 10.1. The van der Waals surface area contributed by atoms with E-state index in [2.05, 4.69) is 19.4 Å². The molecule has 0 bridgehead atoms. The molecule has 1 aromatic carbocycles. The van der Waals surface area contributed by atoms with E-state index in [1.807, 2.05) is 0 Å². The number of benzene rings is 1. The summed E-state index contributed by atoms with van der Waals surface area (Å²) in [6, 6.07) is 4.49. The van der Waals surface area contributed by atoms with Crippen LogP contribution in [0.4, 0.5) is 10.3 Å². The number of halogens is 1. The van der Waals surface area contributed by atoms with Crippen molar-refractivity contribution in [1.82, 2.24) is 9.97 Å². The van der Waals surface area contributed by atoms with E-state index in [0.717, 1.165) is 26.4 Å². The second-order valence-corrected chi connectivity index (χ2v) is 4.47. The Kier molecular flexibility index (Phi) is 4.83. The number of hydrogen-bond acceptors (Lipinski definition) is 8. The lowest BCUT2D eigenvalue weighted by molar-refractivity contribution is 0.0583. The zero-order valence-electron chi connectivity index (χ0n) is 12.7. The van der Waals surface area contributed by atoms with Crippen molar-refractivity contribution < 1.29 is 28.2 Å². The van der Waals surface area contributed by atoms with Gasteiger partial charge < -0.3 is 15.2 Å². The van der Waals surface area contributed by atoms with Gasteiger partial charge in [-0.2, -0.15) is 0 Å². The fraction of sp³-hybridized carbons (Fsp3) is 0.133. The third-order valence-corrected chi connectivity index (χ3v) is 3.02. The van der Waals surface area contributed by atoms with Crippen molar-refractivity contribution >= 4 is 23.7 Å². The lowest BCUT2D eigenvalue weighted by Crippen LogP contribution is -2.22. The Morgan fingerprint density at radius 3 is 1.83 bits per heavy atom. The van der Waals surface area contributed by atoms with Crippen molar-refractivity contribution in [1.29, 1.82) is 0 Å². The monoisotopic (exact) mass is 333 g/mol. The van der Waals surface area contributed by atoms with Gasteiger partial charge >= 0.3 is 11.9 Å². The standard InChI is InChI=1S/C15H12FN3O5/c1-23-13(21)10-9(11(14(22)24-2)19-15(17)18-10)12(20)7-3-5-8(16)6-4-7/h3-6H,1-2H3,(H2,17,18,19). The number of nitrogens with two attached hydrogens (primary N) is 1. The first kappa shape index (κ1) is 17.0. The van der Waals surface area contributed by atoms with Crippen LogP contribution in [0.25, 0.3) is 0 Å². The highest BCUT2D eigenvalue weighted by Gasteiger charge is 2.30. The van der Waals surface area contributed by atoms with E-state index in [1.165, 1.54) is 12.1 Å². The summed E-state index contributed by atoms with van der Waals surface area (Å²) in [5, 5.41) is 0. The molecular formula is C15H12FN3O5. The highest BCUT2D eigenvalue weighted by molar-refractivity contribution is 6.18. The average molecular weight is 333 g/mol. The minimum absolute atomic E-state index is 0.0140. The van der Waals surface area contributed by atoms with Gasteiger partial charge in [-0.15, -0.1) is 0 Å². The number of methoxy groups -OCH3 is 2. The minimum atomic E-state index is -0.986. The number of carbonyl (C=O) groups excluding carboxylic acids is 3. The summed E-state index contributed by atoms with van der Waals surface area (Å²) in [5.41, 5.74) is 4.08. The van der Waals surface area contributed by atoms with E-state index < -0.39 is 46.4 Å². The number of ketones is 1. The summed E-state index contributed by atoms with van der Waals surface area (Å²) in [4.78, 5) is 43.9. The predicted octanol–water partition coefficient (Wildman–Crippen LogP) is 1.00. The van der Waals surface area contributed by atoms with Gasteiger partial charge in [0.25, 0.3) is 0 Å². The van der Waals surface area contributed by atoms with Crippen LogP contribution in [0.3, 0.4) is 0 Å². The quantitative estimate of drug-likeness (QED) is 0.649. The molecule has 0 saturated carbocycles. The number of carbonyl (C=O) groups is 3. The third kappa shape index (κ3) is 3.19. The predicted molar refractivity (Wildman–Crippen MR) is 79.0 cm³/mol. The number of esters is 2. The van der Waals surface area contributed by atoms with Gasteiger partial charge in [0.15, 0.2) is 17.2 Å². The van der Waals surface area contributed by atoms with Crippen molar-refractivity contribution in [3.05, 3.63) is 52.6 Å². The summed E-state index contributed by atoms with van der Waals surface area (Å²) >= 11 is 0. The van der Waals surface area contributed by atoms with Gasteiger partial charge in [-0.3, -0.25) is 4.79 Å². The molecule has 0 spiro atoms. The fourth-order valence-electron chi connectivity index (χ4n) is 1.93. The van der Waals surface area contributed by atoms with E-state index in [4.69, 9.17) is 5.73 Å². The third-order valence-electron chi connectivity index (χ3n) is 3.02. The van der Waals surface area contributed by atoms with Gasteiger partial charge in [0.2, 0.25) is 5.95 Å². The SMILES string of the molecule is COC(=O)c1nc(N)nc(C(=O)OC)c1C(=O)c1ccc(F)cc1. The van der Waals surface area contributed by atoms with E-state index in [0.29, 0.717) is 0 Å². The van der Waals surface area contributed by atoms with Crippen molar-refractivity contribution in [3.8, 4) is 0 Å². The topological polar surface area (TPSA) is 121 Å². The molecule has 0 aliphatic carbocycles. The van der Waals surface area contributed by atoms with E-state index in [9.17, 15) is 18.8 Å². The number of nitrogen functional groups attached to an aromatic ring is 1. The molecule has 124 valence electrons. The van der Waals surface area contributed by atoms with Gasteiger partial charge in [0.05, 0.1) is 19.8 Å². The molecule has 0 amide bonds. The summed E-state index contributed by atoms with van der Waals surface area (Å²) in [6.07, 6.45) is 0. The Morgan fingerprint density at radius 1 is 0.958 bits per heavy atom. The molecule has 0 fully saturated rings. The molecule has 2 aromatic rings. The van der Waals surface area contributed by atoms with Crippen molar-refractivity contribution in [3.63, 3.8) is 0 Å². The molecule has 24 heavy (non-hydrogen) atoms. The molecule has 1 heterocycles. The number of aromatic nitrogens is 2. The Bertz CT molecular complexity index is 783. The maximum Gasteiger partial charge on any atom is 0.357 e. The van der Waals surface area contributed by atoms with Gasteiger partial charge in [0, 0.05) is 5.56 Å². The van der Waals surface area contributed by atoms with Crippen molar-refractivity contribution in [2.24, 2.45) is 0 Å². The van der Waals surface area contributed by atoms with Crippen LogP contribution in [0.15, 0.2) is 24.3 Å². The highest BCUT2D eigenvalue weighted by atomic mass is 19.1. The van der Waals surface area contributed by atoms with Crippen molar-refractivity contribution in [2.75, 3.05) is 20.0 Å². The van der Waals surface area contributed by atoms with E-state index in [1.54, 1.807) is 0 Å².